The molecule has 2 aliphatic heterocycles. The van der Waals surface area contributed by atoms with Gasteiger partial charge in [-0.05, 0) is 37.6 Å². The van der Waals surface area contributed by atoms with Gasteiger partial charge in [-0.2, -0.15) is 0 Å². The third-order valence-electron chi connectivity index (χ3n) is 6.80. The predicted octanol–water partition coefficient (Wildman–Crippen LogP) is 2.84. The van der Waals surface area contributed by atoms with Crippen molar-refractivity contribution in [1.29, 1.82) is 0 Å². The molecule has 0 aliphatic carbocycles. The normalized spacial score (nSPS) is 19.5. The van der Waals surface area contributed by atoms with Crippen molar-refractivity contribution in [2.24, 2.45) is 5.92 Å². The van der Waals surface area contributed by atoms with E-state index in [0.29, 0.717) is 24.6 Å². The van der Waals surface area contributed by atoms with Crippen LogP contribution in [0.25, 0.3) is 11.0 Å². The Balaban J connectivity index is 1.40. The van der Waals surface area contributed by atoms with Crippen molar-refractivity contribution < 1.29 is 4.79 Å². The largest absolute Gasteiger partial charge is 0.368 e. The van der Waals surface area contributed by atoms with E-state index in [2.05, 4.69) is 52.4 Å². The van der Waals surface area contributed by atoms with E-state index in [1.54, 1.807) is 0 Å². The molecule has 0 aromatic carbocycles. The van der Waals surface area contributed by atoms with E-state index >= 15 is 0 Å². The van der Waals surface area contributed by atoms with Crippen molar-refractivity contribution in [1.82, 2.24) is 29.3 Å². The van der Waals surface area contributed by atoms with Gasteiger partial charge in [0.05, 0.1) is 24.3 Å². The molecule has 174 valence electrons. The summed E-state index contributed by atoms with van der Waals surface area (Å²) >= 11 is 0. The highest BCUT2D eigenvalue weighted by molar-refractivity contribution is 5.98. The number of carbonyl (C=O) groups excluding carboxylic acids is 1. The zero-order chi connectivity index (χ0) is 23.1. The molecule has 0 spiro atoms. The number of likely N-dealkylation sites (N-methyl/N-ethyl adjacent to an activating group) is 2. The van der Waals surface area contributed by atoms with Crippen LogP contribution in [0.3, 0.4) is 0 Å². The summed E-state index contributed by atoms with van der Waals surface area (Å²) < 4.78 is 2.15. The molecule has 5 rings (SSSR count). The number of anilines is 1. The molecule has 0 N–H and O–H groups in total. The summed E-state index contributed by atoms with van der Waals surface area (Å²) in [7, 11) is 4.04. The number of pyridine rings is 1. The molecule has 1 saturated heterocycles. The van der Waals surface area contributed by atoms with E-state index in [0.717, 1.165) is 55.2 Å². The fourth-order valence-electron chi connectivity index (χ4n) is 5.00. The number of aromatic nitrogens is 4. The van der Waals surface area contributed by atoms with Crippen molar-refractivity contribution >= 4 is 22.6 Å². The first kappa shape index (κ1) is 21.8. The Morgan fingerprint density at radius 3 is 2.55 bits per heavy atom. The monoisotopic (exact) mass is 447 g/mol. The number of rotatable bonds is 5. The summed E-state index contributed by atoms with van der Waals surface area (Å²) in [4.78, 5) is 33.6. The molecule has 0 bridgehead atoms. The van der Waals surface area contributed by atoms with Gasteiger partial charge in [-0.1, -0.05) is 13.8 Å². The Labute approximate surface area is 195 Å². The summed E-state index contributed by atoms with van der Waals surface area (Å²) in [6.45, 7) is 9.37. The van der Waals surface area contributed by atoms with Crippen LogP contribution in [-0.2, 0) is 6.42 Å². The average molecular weight is 448 g/mol. The summed E-state index contributed by atoms with van der Waals surface area (Å²) in [5.41, 5.74) is 3.69. The van der Waals surface area contributed by atoms with E-state index < -0.39 is 0 Å². The lowest BCUT2D eigenvalue weighted by Crippen LogP contribution is -2.44. The van der Waals surface area contributed by atoms with Crippen molar-refractivity contribution in [3.05, 3.63) is 47.8 Å². The predicted molar refractivity (Wildman–Crippen MR) is 130 cm³/mol. The van der Waals surface area contributed by atoms with Gasteiger partial charge in [0.25, 0.3) is 5.91 Å². The lowest BCUT2D eigenvalue weighted by atomic mass is 10.0. The van der Waals surface area contributed by atoms with Crippen LogP contribution in [0, 0.1) is 5.92 Å². The van der Waals surface area contributed by atoms with E-state index in [9.17, 15) is 4.79 Å². The average Bonchev–Trinajstić information content (AvgIpc) is 3.17. The van der Waals surface area contributed by atoms with Gasteiger partial charge in [0, 0.05) is 57.0 Å². The van der Waals surface area contributed by atoms with Gasteiger partial charge < -0.3 is 19.3 Å². The van der Waals surface area contributed by atoms with Crippen LogP contribution in [0.15, 0.2) is 30.6 Å². The Kier molecular flexibility index (Phi) is 5.78. The van der Waals surface area contributed by atoms with Gasteiger partial charge in [-0.3, -0.25) is 9.78 Å². The summed E-state index contributed by atoms with van der Waals surface area (Å²) in [5, 5.41) is 0.921. The molecular weight excluding hydrogens is 414 g/mol. The van der Waals surface area contributed by atoms with Crippen LogP contribution in [0.4, 0.5) is 5.69 Å². The van der Waals surface area contributed by atoms with Gasteiger partial charge in [0.15, 0.2) is 0 Å². The highest BCUT2D eigenvalue weighted by atomic mass is 16.2. The summed E-state index contributed by atoms with van der Waals surface area (Å²) in [6.07, 6.45) is 5.39. The number of hydrogen-bond acceptors (Lipinski definition) is 6. The second-order valence-electron chi connectivity index (χ2n) is 9.91. The number of carbonyl (C=O) groups is 1. The van der Waals surface area contributed by atoms with Crippen LogP contribution < -0.4 is 4.90 Å². The smallest absolute Gasteiger partial charge is 0.270 e. The summed E-state index contributed by atoms with van der Waals surface area (Å²) in [6, 6.07) is 6.39. The number of hydrogen-bond donors (Lipinski definition) is 0. The van der Waals surface area contributed by atoms with E-state index in [1.165, 1.54) is 5.69 Å². The molecule has 3 aromatic heterocycles. The fourth-order valence-corrected chi connectivity index (χ4v) is 5.00. The topological polar surface area (TPSA) is 70.4 Å². The van der Waals surface area contributed by atoms with Crippen LogP contribution in [0.5, 0.6) is 0 Å². The first-order valence-electron chi connectivity index (χ1n) is 11.9. The SMILES string of the molecule is CC(C)CC1CN(C)C(=O)c2cc3cnc(Cc4ccc(N5CCN(C)CC5)cn4)nc3n21. The van der Waals surface area contributed by atoms with E-state index in [1.807, 2.05) is 30.4 Å². The Bertz CT molecular complexity index is 1150. The standard InChI is InChI=1S/C25H33N7O/c1-17(2)11-21-16-30(4)25(33)22-12-18-14-27-23(28-24(18)32(21)22)13-19-5-6-20(15-26-19)31-9-7-29(3)8-10-31/h5-6,12,14-15,17,21H,7-11,13,16H2,1-4H3. The maximum Gasteiger partial charge on any atom is 0.270 e. The molecule has 0 radical (unpaired) electrons. The molecule has 1 amide bonds. The molecule has 3 aromatic rings. The minimum absolute atomic E-state index is 0.0516. The molecule has 8 nitrogen and oxygen atoms in total. The number of nitrogens with zero attached hydrogens (tertiary/aromatic N) is 7. The second-order valence-corrected chi connectivity index (χ2v) is 9.91. The maximum atomic E-state index is 12.8. The van der Waals surface area contributed by atoms with Crippen LogP contribution in [0.2, 0.25) is 0 Å². The number of fused-ring (bicyclic) bond motifs is 3. The van der Waals surface area contributed by atoms with E-state index in [-0.39, 0.29) is 11.9 Å². The molecule has 0 saturated carbocycles. The van der Waals surface area contributed by atoms with Crippen molar-refractivity contribution in [3.63, 3.8) is 0 Å². The molecule has 5 heterocycles. The van der Waals surface area contributed by atoms with Gasteiger partial charge in [0.1, 0.15) is 17.2 Å². The molecule has 33 heavy (non-hydrogen) atoms. The number of piperazine rings is 1. The second kappa shape index (κ2) is 8.74. The van der Waals surface area contributed by atoms with E-state index in [4.69, 9.17) is 9.97 Å². The third kappa shape index (κ3) is 4.31. The minimum atomic E-state index is 0.0516. The van der Waals surface area contributed by atoms with Crippen LogP contribution in [0.1, 0.15) is 48.3 Å². The number of amides is 1. The molecular formula is C25H33N7O. The highest BCUT2D eigenvalue weighted by Gasteiger charge is 2.32. The molecule has 8 heteroatoms. The first-order chi connectivity index (χ1) is 15.9. The Hall–Kier alpha value is -3.00. The van der Waals surface area contributed by atoms with Gasteiger partial charge in [-0.25, -0.2) is 9.97 Å². The quantitative estimate of drug-likeness (QED) is 0.599. The maximum absolute atomic E-state index is 12.8. The molecule has 2 aliphatic rings. The van der Waals surface area contributed by atoms with Crippen molar-refractivity contribution in [3.8, 4) is 0 Å². The molecule has 1 atom stereocenters. The summed E-state index contributed by atoms with van der Waals surface area (Å²) in [5.74, 6) is 1.32. The zero-order valence-corrected chi connectivity index (χ0v) is 20.0. The first-order valence-corrected chi connectivity index (χ1v) is 11.9. The van der Waals surface area contributed by atoms with Gasteiger partial charge in [-0.15, -0.1) is 0 Å². The van der Waals surface area contributed by atoms with Gasteiger partial charge in [0.2, 0.25) is 0 Å². The minimum Gasteiger partial charge on any atom is -0.368 e. The van der Waals surface area contributed by atoms with Crippen molar-refractivity contribution in [2.45, 2.75) is 32.7 Å². The van der Waals surface area contributed by atoms with Crippen molar-refractivity contribution in [2.75, 3.05) is 51.7 Å². The van der Waals surface area contributed by atoms with Crippen LogP contribution in [-0.4, -0.2) is 82.0 Å². The lowest BCUT2D eigenvalue weighted by molar-refractivity contribution is 0.0710. The van der Waals surface area contributed by atoms with Crippen LogP contribution >= 0.6 is 0 Å². The highest BCUT2D eigenvalue weighted by Crippen LogP contribution is 2.31. The Morgan fingerprint density at radius 2 is 1.85 bits per heavy atom. The zero-order valence-electron chi connectivity index (χ0n) is 20.0. The third-order valence-corrected chi connectivity index (χ3v) is 6.80. The molecule has 1 fully saturated rings. The Morgan fingerprint density at radius 1 is 1.06 bits per heavy atom. The van der Waals surface area contributed by atoms with Gasteiger partial charge >= 0.3 is 0 Å². The lowest BCUT2D eigenvalue weighted by Gasteiger charge is -2.33. The molecule has 1 unspecified atom stereocenters. The fraction of sp³-hybridized carbons (Fsp3) is 0.520.